The quantitative estimate of drug-likeness (QED) is 0.757. The second-order valence-corrected chi connectivity index (χ2v) is 9.04. The minimum absolute atomic E-state index is 0.0799. The van der Waals surface area contributed by atoms with Crippen molar-refractivity contribution >= 4 is 17.7 Å². The second kappa shape index (κ2) is 7.43. The zero-order chi connectivity index (χ0) is 18.1. The number of hydrogen-bond acceptors (Lipinski definition) is 4. The molecule has 2 aliphatic carbocycles. The third-order valence-corrected chi connectivity index (χ3v) is 6.93. The van der Waals surface area contributed by atoms with Crippen molar-refractivity contribution in [2.45, 2.75) is 56.0 Å². The molecule has 0 radical (unpaired) electrons. The van der Waals surface area contributed by atoms with E-state index in [2.05, 4.69) is 27.4 Å². The summed E-state index contributed by atoms with van der Waals surface area (Å²) < 4.78 is 0. The van der Waals surface area contributed by atoms with Crippen LogP contribution < -0.4 is 5.32 Å². The van der Waals surface area contributed by atoms with Crippen molar-refractivity contribution in [1.29, 1.82) is 0 Å². The monoisotopic (exact) mass is 370 g/mol. The average Bonchev–Trinajstić information content (AvgIpc) is 3.39. The molecule has 2 bridgehead atoms. The number of fused-ring (bicyclic) bond motifs is 2. The summed E-state index contributed by atoms with van der Waals surface area (Å²) >= 11 is 1.40. The molecule has 2 fully saturated rings. The number of carbonyl (C=O) groups excluding carboxylic acids is 1. The molecule has 2 aliphatic rings. The molecule has 5 nitrogen and oxygen atoms in total. The first-order valence-corrected chi connectivity index (χ1v) is 10.4. The molecular weight excluding hydrogens is 344 g/mol. The normalized spacial score (nSPS) is 26.6. The number of amides is 1. The van der Waals surface area contributed by atoms with Crippen molar-refractivity contribution in [2.75, 3.05) is 0 Å². The van der Waals surface area contributed by atoms with Crippen LogP contribution in [0.15, 0.2) is 35.5 Å². The molecular formula is C20H26N4OS. The van der Waals surface area contributed by atoms with Gasteiger partial charge in [0, 0.05) is 11.6 Å². The fraction of sp³-hybridized carbons (Fsp3) is 0.550. The fourth-order valence-corrected chi connectivity index (χ4v) is 5.32. The highest BCUT2D eigenvalue weighted by Crippen LogP contribution is 2.49. The molecule has 0 aliphatic heterocycles. The van der Waals surface area contributed by atoms with Gasteiger partial charge in [0.05, 0.1) is 5.25 Å². The second-order valence-electron chi connectivity index (χ2n) is 7.73. The van der Waals surface area contributed by atoms with Crippen LogP contribution in [-0.2, 0) is 4.79 Å². The Bertz CT molecular complexity index is 762. The van der Waals surface area contributed by atoms with E-state index in [9.17, 15) is 4.79 Å². The van der Waals surface area contributed by atoms with Crippen LogP contribution in [0, 0.1) is 17.8 Å². The van der Waals surface area contributed by atoms with E-state index >= 15 is 0 Å². The van der Waals surface area contributed by atoms with Crippen molar-refractivity contribution in [3.8, 4) is 11.4 Å². The molecule has 1 aromatic carbocycles. The van der Waals surface area contributed by atoms with E-state index in [-0.39, 0.29) is 17.2 Å². The zero-order valence-corrected chi connectivity index (χ0v) is 16.1. The first-order chi connectivity index (χ1) is 12.6. The predicted octanol–water partition coefficient (Wildman–Crippen LogP) is 3.89. The Hall–Kier alpha value is -1.82. The molecule has 138 valence electrons. The van der Waals surface area contributed by atoms with Gasteiger partial charge in [0.2, 0.25) is 11.1 Å². The number of aromatic amines is 1. The highest BCUT2D eigenvalue weighted by molar-refractivity contribution is 8.00. The summed E-state index contributed by atoms with van der Waals surface area (Å²) in [6.07, 6.45) is 5.39. The minimum atomic E-state index is -0.213. The summed E-state index contributed by atoms with van der Waals surface area (Å²) in [4.78, 5) is 17.1. The van der Waals surface area contributed by atoms with Crippen molar-refractivity contribution in [3.63, 3.8) is 0 Å². The lowest BCUT2D eigenvalue weighted by molar-refractivity contribution is -0.121. The number of rotatable bonds is 6. The number of aromatic nitrogens is 3. The molecule has 0 unspecified atom stereocenters. The van der Waals surface area contributed by atoms with Gasteiger partial charge in [-0.05, 0) is 50.9 Å². The summed E-state index contributed by atoms with van der Waals surface area (Å²) in [6.45, 7) is 4.09. The smallest absolute Gasteiger partial charge is 0.233 e. The Balaban J connectivity index is 1.32. The molecule has 2 saturated carbocycles. The van der Waals surface area contributed by atoms with Crippen LogP contribution >= 0.6 is 11.8 Å². The van der Waals surface area contributed by atoms with Gasteiger partial charge in [-0.3, -0.25) is 9.89 Å². The number of benzene rings is 1. The average molecular weight is 371 g/mol. The standard InChI is InChI=1S/C20H26N4OS/c1-12(17-11-14-8-9-16(17)10-14)21-19(25)13(2)26-20-22-18(23-24-20)15-6-4-3-5-7-15/h3-7,12-14,16-17H,8-11H2,1-2H3,(H,21,25)(H,22,23,24)/t12-,13-,14-,16-,17+/m0/s1. The van der Waals surface area contributed by atoms with E-state index in [0.717, 1.165) is 23.2 Å². The van der Waals surface area contributed by atoms with Crippen LogP contribution in [0.2, 0.25) is 0 Å². The van der Waals surface area contributed by atoms with E-state index in [0.29, 0.717) is 11.1 Å². The van der Waals surface area contributed by atoms with Crippen molar-refractivity contribution < 1.29 is 4.79 Å². The van der Waals surface area contributed by atoms with E-state index in [1.165, 1.54) is 37.4 Å². The summed E-state index contributed by atoms with van der Waals surface area (Å²) in [7, 11) is 0. The molecule has 0 spiro atoms. The van der Waals surface area contributed by atoms with E-state index < -0.39 is 0 Å². The van der Waals surface area contributed by atoms with Crippen molar-refractivity contribution in [3.05, 3.63) is 30.3 Å². The Labute approximate surface area is 158 Å². The van der Waals surface area contributed by atoms with Gasteiger partial charge in [-0.2, -0.15) is 0 Å². The van der Waals surface area contributed by atoms with Crippen molar-refractivity contribution in [2.24, 2.45) is 17.8 Å². The summed E-state index contributed by atoms with van der Waals surface area (Å²) in [5, 5.41) is 10.8. The van der Waals surface area contributed by atoms with Gasteiger partial charge in [0.15, 0.2) is 5.82 Å². The molecule has 1 amide bonds. The first kappa shape index (κ1) is 17.6. The maximum Gasteiger partial charge on any atom is 0.233 e. The number of thioether (sulfide) groups is 1. The van der Waals surface area contributed by atoms with Crippen LogP contribution in [0.3, 0.4) is 0 Å². The maximum absolute atomic E-state index is 12.6. The zero-order valence-electron chi connectivity index (χ0n) is 15.3. The highest BCUT2D eigenvalue weighted by Gasteiger charge is 2.42. The number of hydrogen-bond donors (Lipinski definition) is 2. The van der Waals surface area contributed by atoms with Crippen LogP contribution in [0.4, 0.5) is 0 Å². The minimum Gasteiger partial charge on any atom is -0.352 e. The summed E-state index contributed by atoms with van der Waals surface area (Å²) in [6, 6.07) is 10.1. The first-order valence-electron chi connectivity index (χ1n) is 9.55. The van der Waals surface area contributed by atoms with Crippen LogP contribution in [-0.4, -0.2) is 32.4 Å². The Kier molecular flexibility index (Phi) is 5.02. The van der Waals surface area contributed by atoms with Crippen LogP contribution in [0.5, 0.6) is 0 Å². The van der Waals surface area contributed by atoms with E-state index in [1.54, 1.807) is 0 Å². The van der Waals surface area contributed by atoms with Gasteiger partial charge in [0.1, 0.15) is 0 Å². The highest BCUT2D eigenvalue weighted by atomic mass is 32.2. The van der Waals surface area contributed by atoms with Gasteiger partial charge in [-0.25, -0.2) is 4.98 Å². The fourth-order valence-electron chi connectivity index (χ4n) is 4.59. The SMILES string of the molecule is C[C@H](Sc1n[nH]c(-c2ccccc2)n1)C(=O)N[C@@H](C)[C@H]1C[C@H]2CC[C@H]1C2. The largest absolute Gasteiger partial charge is 0.352 e. The maximum atomic E-state index is 12.6. The third kappa shape index (κ3) is 3.65. The van der Waals surface area contributed by atoms with E-state index in [4.69, 9.17) is 0 Å². The number of nitrogens with one attached hydrogen (secondary N) is 2. The number of nitrogens with zero attached hydrogens (tertiary/aromatic N) is 2. The summed E-state index contributed by atoms with van der Waals surface area (Å²) in [5.41, 5.74) is 0.994. The van der Waals surface area contributed by atoms with Crippen molar-refractivity contribution in [1.82, 2.24) is 20.5 Å². The van der Waals surface area contributed by atoms with Gasteiger partial charge in [-0.1, -0.05) is 48.5 Å². The number of carbonyl (C=O) groups is 1. The Morgan fingerprint density at radius 1 is 1.23 bits per heavy atom. The van der Waals surface area contributed by atoms with Gasteiger partial charge in [0.25, 0.3) is 0 Å². The summed E-state index contributed by atoms with van der Waals surface area (Å²) in [5.74, 6) is 3.19. The molecule has 26 heavy (non-hydrogen) atoms. The molecule has 0 saturated heterocycles. The molecule has 6 heteroatoms. The Morgan fingerprint density at radius 2 is 2.04 bits per heavy atom. The molecule has 4 rings (SSSR count). The van der Waals surface area contributed by atoms with E-state index in [1.807, 2.05) is 37.3 Å². The van der Waals surface area contributed by atoms with Gasteiger partial charge in [-0.15, -0.1) is 5.10 Å². The lowest BCUT2D eigenvalue weighted by Gasteiger charge is -2.29. The van der Waals surface area contributed by atoms with Gasteiger partial charge < -0.3 is 5.32 Å². The van der Waals surface area contributed by atoms with Crippen LogP contribution in [0.25, 0.3) is 11.4 Å². The van der Waals surface area contributed by atoms with Crippen LogP contribution in [0.1, 0.15) is 39.5 Å². The topological polar surface area (TPSA) is 70.7 Å². The molecule has 5 atom stereocenters. The molecule has 2 aromatic rings. The molecule has 1 aromatic heterocycles. The lowest BCUT2D eigenvalue weighted by atomic mass is 9.84. The third-order valence-electron chi connectivity index (χ3n) is 5.97. The van der Waals surface area contributed by atoms with Gasteiger partial charge >= 0.3 is 0 Å². The molecule has 1 heterocycles. The Morgan fingerprint density at radius 3 is 2.73 bits per heavy atom. The number of H-pyrrole nitrogens is 1. The lowest BCUT2D eigenvalue weighted by Crippen LogP contribution is -2.43. The molecule has 2 N–H and O–H groups in total. The predicted molar refractivity (Wildman–Crippen MR) is 104 cm³/mol.